The minimum Gasteiger partial charge on any atom is -0.481 e. The van der Waals surface area contributed by atoms with E-state index in [0.717, 1.165) is 6.92 Å². The van der Waals surface area contributed by atoms with E-state index in [1.165, 1.54) is 0 Å². The van der Waals surface area contributed by atoms with Crippen LogP contribution in [0.15, 0.2) is 0 Å². The molecule has 11 heteroatoms. The molecule has 6 atom stereocenters. The number of aliphatic hydroxyl groups is 3. The first kappa shape index (κ1) is 19.3. The molecule has 0 aliphatic carbocycles. The van der Waals surface area contributed by atoms with E-state index >= 15 is 0 Å². The second-order valence-corrected chi connectivity index (χ2v) is 4.99. The Hall–Kier alpha value is -1.79. The van der Waals surface area contributed by atoms with Crippen LogP contribution in [0.4, 0.5) is 0 Å². The van der Waals surface area contributed by atoms with Gasteiger partial charge in [-0.15, -0.1) is 0 Å². The van der Waals surface area contributed by atoms with E-state index in [1.807, 2.05) is 0 Å². The number of carbonyl (C=O) groups excluding carboxylic acids is 1. The summed E-state index contributed by atoms with van der Waals surface area (Å²) in [4.78, 5) is 32.9. The van der Waals surface area contributed by atoms with Gasteiger partial charge in [-0.05, 0) is 0 Å². The Morgan fingerprint density at radius 2 is 1.83 bits per heavy atom. The van der Waals surface area contributed by atoms with Crippen LogP contribution in [-0.4, -0.2) is 86.7 Å². The Kier molecular flexibility index (Phi) is 6.84. The highest BCUT2D eigenvalue weighted by Crippen LogP contribution is 2.23. The van der Waals surface area contributed by atoms with Crippen molar-refractivity contribution in [2.45, 2.75) is 50.1 Å². The molecular weight excluding hydrogens is 318 g/mol. The van der Waals surface area contributed by atoms with Crippen LogP contribution in [0.3, 0.4) is 0 Å². The summed E-state index contributed by atoms with van der Waals surface area (Å²) >= 11 is 0. The zero-order valence-corrected chi connectivity index (χ0v) is 12.2. The molecule has 0 radical (unpaired) electrons. The van der Waals surface area contributed by atoms with E-state index < -0.39 is 67.6 Å². The predicted octanol–water partition coefficient (Wildman–Crippen LogP) is -3.13. The summed E-state index contributed by atoms with van der Waals surface area (Å²) in [5.41, 5.74) is 0. The molecule has 3 unspecified atom stereocenters. The van der Waals surface area contributed by atoms with Gasteiger partial charge < -0.3 is 40.3 Å². The number of hydrogen-bond acceptors (Lipinski definition) is 8. The van der Waals surface area contributed by atoms with Gasteiger partial charge in [-0.2, -0.15) is 0 Å². The standard InChI is InChI=1S/C12H19NO10/c1-4(15)13-8-10(19)9(18)6(3-14)23-12(8)22-5(11(20)21)2-7(16)17/h5-6,8-10,12,14,18-19H,2-3H2,1H3,(H,13,15)(H,16,17)(H,20,21)/t5-,6?,8?,9+,10+,12?/m0/s1. The maximum absolute atomic E-state index is 11.2. The third-order valence-corrected chi connectivity index (χ3v) is 3.18. The molecule has 11 nitrogen and oxygen atoms in total. The molecule has 0 saturated carbocycles. The van der Waals surface area contributed by atoms with Gasteiger partial charge in [0.1, 0.15) is 24.4 Å². The molecule has 1 amide bonds. The zero-order chi connectivity index (χ0) is 17.7. The van der Waals surface area contributed by atoms with Gasteiger partial charge in [0, 0.05) is 6.92 Å². The Bertz CT molecular complexity index is 455. The number of ether oxygens (including phenoxy) is 2. The number of rotatable bonds is 7. The summed E-state index contributed by atoms with van der Waals surface area (Å²) in [5, 5.41) is 48.8. The summed E-state index contributed by atoms with van der Waals surface area (Å²) < 4.78 is 10.2. The largest absolute Gasteiger partial charge is 0.481 e. The fourth-order valence-electron chi connectivity index (χ4n) is 2.10. The van der Waals surface area contributed by atoms with Crippen molar-refractivity contribution >= 4 is 17.8 Å². The lowest BCUT2D eigenvalue weighted by Gasteiger charge is -2.42. The molecule has 132 valence electrons. The average molecular weight is 337 g/mol. The number of aliphatic hydroxyl groups excluding tert-OH is 3. The van der Waals surface area contributed by atoms with Crippen molar-refractivity contribution in [3.63, 3.8) is 0 Å². The van der Waals surface area contributed by atoms with Crippen LogP contribution in [0.1, 0.15) is 13.3 Å². The molecule has 0 aromatic carbocycles. The number of nitrogens with one attached hydrogen (secondary N) is 1. The lowest BCUT2D eigenvalue weighted by atomic mass is 9.97. The summed E-state index contributed by atoms with van der Waals surface area (Å²) in [6, 6.07) is -1.35. The topological polar surface area (TPSA) is 183 Å². The Balaban J connectivity index is 2.97. The molecule has 23 heavy (non-hydrogen) atoms. The highest BCUT2D eigenvalue weighted by atomic mass is 16.7. The highest BCUT2D eigenvalue weighted by molar-refractivity contribution is 5.79. The normalized spacial score (nSPS) is 32.1. The summed E-state index contributed by atoms with van der Waals surface area (Å²) in [5.74, 6) is -3.65. The quantitative estimate of drug-likeness (QED) is 0.278. The third-order valence-electron chi connectivity index (χ3n) is 3.18. The number of carboxylic acids is 2. The van der Waals surface area contributed by atoms with Gasteiger partial charge in [0.25, 0.3) is 0 Å². The molecule has 1 heterocycles. The van der Waals surface area contributed by atoms with Crippen LogP contribution >= 0.6 is 0 Å². The monoisotopic (exact) mass is 337 g/mol. The highest BCUT2D eigenvalue weighted by Gasteiger charge is 2.46. The van der Waals surface area contributed by atoms with Gasteiger partial charge >= 0.3 is 11.9 Å². The van der Waals surface area contributed by atoms with Crippen molar-refractivity contribution in [1.29, 1.82) is 0 Å². The van der Waals surface area contributed by atoms with Gasteiger partial charge in [0.2, 0.25) is 5.91 Å². The van der Waals surface area contributed by atoms with Gasteiger partial charge in [-0.25, -0.2) is 4.79 Å². The van der Waals surface area contributed by atoms with Crippen molar-refractivity contribution in [1.82, 2.24) is 5.32 Å². The predicted molar refractivity (Wildman–Crippen MR) is 70.1 cm³/mol. The van der Waals surface area contributed by atoms with Crippen molar-refractivity contribution in [2.24, 2.45) is 0 Å². The van der Waals surface area contributed by atoms with Crippen molar-refractivity contribution in [3.05, 3.63) is 0 Å². The minimum absolute atomic E-state index is 0.619. The molecular formula is C12H19NO10. The number of aliphatic carboxylic acids is 2. The number of carboxylic acid groups (broad SMARTS) is 2. The average Bonchev–Trinajstić information content (AvgIpc) is 2.44. The number of amides is 1. The van der Waals surface area contributed by atoms with Gasteiger partial charge in [0.05, 0.1) is 13.0 Å². The second kappa shape index (κ2) is 8.17. The molecule has 0 bridgehead atoms. The Labute approximate surface area is 130 Å². The van der Waals surface area contributed by atoms with E-state index in [9.17, 15) is 24.6 Å². The van der Waals surface area contributed by atoms with Crippen LogP contribution in [0.25, 0.3) is 0 Å². The third kappa shape index (κ3) is 5.11. The van der Waals surface area contributed by atoms with E-state index in [4.69, 9.17) is 24.8 Å². The van der Waals surface area contributed by atoms with Crippen LogP contribution < -0.4 is 5.32 Å². The first-order valence-corrected chi connectivity index (χ1v) is 6.67. The first-order valence-electron chi connectivity index (χ1n) is 6.67. The minimum atomic E-state index is -1.81. The lowest BCUT2D eigenvalue weighted by molar-refractivity contribution is -0.281. The van der Waals surface area contributed by atoms with Crippen molar-refractivity contribution < 1.29 is 49.4 Å². The van der Waals surface area contributed by atoms with Crippen LogP contribution in [-0.2, 0) is 23.9 Å². The Morgan fingerprint density at radius 3 is 2.26 bits per heavy atom. The lowest BCUT2D eigenvalue weighted by Crippen LogP contribution is -2.65. The molecule has 1 saturated heterocycles. The molecule has 0 aromatic heterocycles. The fourth-order valence-corrected chi connectivity index (χ4v) is 2.10. The number of carbonyl (C=O) groups is 3. The smallest absolute Gasteiger partial charge is 0.333 e. The van der Waals surface area contributed by atoms with Crippen molar-refractivity contribution in [2.75, 3.05) is 6.61 Å². The van der Waals surface area contributed by atoms with E-state index in [-0.39, 0.29) is 0 Å². The molecule has 6 N–H and O–H groups in total. The second-order valence-electron chi connectivity index (χ2n) is 4.99. The van der Waals surface area contributed by atoms with Gasteiger partial charge in [-0.3, -0.25) is 9.59 Å². The molecule has 0 aromatic rings. The van der Waals surface area contributed by atoms with E-state index in [0.29, 0.717) is 0 Å². The van der Waals surface area contributed by atoms with E-state index in [1.54, 1.807) is 0 Å². The van der Waals surface area contributed by atoms with Gasteiger partial charge in [-0.1, -0.05) is 0 Å². The number of hydrogen-bond donors (Lipinski definition) is 6. The zero-order valence-electron chi connectivity index (χ0n) is 12.2. The van der Waals surface area contributed by atoms with Gasteiger partial charge in [0.15, 0.2) is 12.4 Å². The summed E-state index contributed by atoms with van der Waals surface area (Å²) in [6.07, 6.45) is -8.73. The molecule has 1 aliphatic rings. The van der Waals surface area contributed by atoms with Crippen LogP contribution in [0, 0.1) is 0 Å². The first-order chi connectivity index (χ1) is 10.7. The summed E-state index contributed by atoms with van der Waals surface area (Å²) in [6.45, 7) is 0.405. The maximum atomic E-state index is 11.2. The van der Waals surface area contributed by atoms with Crippen LogP contribution in [0.5, 0.6) is 0 Å². The SMILES string of the molecule is CC(=O)NC1C(O[C@@H](CC(=O)O)C(=O)O)OC(CO)[C@@H](O)[C@@H]1O. The summed E-state index contributed by atoms with van der Waals surface area (Å²) in [7, 11) is 0. The fraction of sp³-hybridized carbons (Fsp3) is 0.750. The Morgan fingerprint density at radius 1 is 1.22 bits per heavy atom. The van der Waals surface area contributed by atoms with Crippen molar-refractivity contribution in [3.8, 4) is 0 Å². The molecule has 1 aliphatic heterocycles. The molecule has 1 fully saturated rings. The van der Waals surface area contributed by atoms with E-state index in [2.05, 4.69) is 5.32 Å². The van der Waals surface area contributed by atoms with Crippen LogP contribution in [0.2, 0.25) is 0 Å². The molecule has 0 spiro atoms. The molecule has 1 rings (SSSR count). The maximum Gasteiger partial charge on any atom is 0.333 e.